The van der Waals surface area contributed by atoms with Crippen molar-refractivity contribution in [2.45, 2.75) is 32.2 Å². The molecular weight excluding hydrogens is 551 g/mol. The number of urea groups is 1. The fourth-order valence-corrected chi connectivity index (χ4v) is 4.53. The second kappa shape index (κ2) is 12.5. The first kappa shape index (κ1) is 30.3. The van der Waals surface area contributed by atoms with Crippen LogP contribution in [0.25, 0.3) is 11.1 Å². The number of amides is 3. The van der Waals surface area contributed by atoms with Crippen LogP contribution in [0.2, 0.25) is 0 Å². The highest BCUT2D eigenvalue weighted by Crippen LogP contribution is 2.31. The molecule has 4 rings (SSSR count). The van der Waals surface area contributed by atoms with Crippen molar-refractivity contribution in [3.05, 3.63) is 77.5 Å². The number of fused-ring (bicyclic) bond motifs is 1. The lowest BCUT2D eigenvalue weighted by atomic mass is 9.99. The van der Waals surface area contributed by atoms with Gasteiger partial charge in [-0.15, -0.1) is 0 Å². The average molecular weight is 582 g/mol. The molecule has 3 amide bonds. The van der Waals surface area contributed by atoms with Crippen molar-refractivity contribution in [1.29, 1.82) is 5.26 Å². The second-order valence-electron chi connectivity index (χ2n) is 10.3. The predicted octanol–water partition coefficient (Wildman–Crippen LogP) is 5.02. The summed E-state index contributed by atoms with van der Waals surface area (Å²) < 4.78 is 44.8. The van der Waals surface area contributed by atoms with Crippen molar-refractivity contribution in [3.8, 4) is 23.1 Å². The molecule has 1 aromatic heterocycles. The molecule has 2 heterocycles. The Morgan fingerprint density at radius 2 is 1.88 bits per heavy atom. The lowest BCUT2D eigenvalue weighted by Crippen LogP contribution is -2.50. The van der Waals surface area contributed by atoms with E-state index in [1.54, 1.807) is 48.4 Å². The number of aliphatic hydroxyl groups excluding tert-OH is 1. The lowest BCUT2D eigenvalue weighted by molar-refractivity contribution is -0.137. The predicted molar refractivity (Wildman–Crippen MR) is 149 cm³/mol. The molecule has 0 fully saturated rings. The Morgan fingerprint density at radius 3 is 2.48 bits per heavy atom. The molecule has 3 atom stereocenters. The van der Waals surface area contributed by atoms with Gasteiger partial charge in [-0.3, -0.25) is 4.79 Å². The summed E-state index contributed by atoms with van der Waals surface area (Å²) >= 11 is 0. The number of anilines is 1. The van der Waals surface area contributed by atoms with E-state index in [1.807, 2.05) is 6.92 Å². The molecule has 0 saturated carbocycles. The first-order chi connectivity index (χ1) is 19.9. The number of carbonyl (C=O) groups excluding carboxylic acids is 2. The van der Waals surface area contributed by atoms with Crippen LogP contribution >= 0.6 is 0 Å². The Labute approximate surface area is 241 Å². The molecule has 0 unspecified atom stereocenters. The highest BCUT2D eigenvalue weighted by Gasteiger charge is 2.35. The van der Waals surface area contributed by atoms with Crippen molar-refractivity contribution >= 4 is 17.6 Å². The number of aliphatic hydroxyl groups is 1. The zero-order valence-electron chi connectivity index (χ0n) is 23.2. The minimum absolute atomic E-state index is 0.0700. The van der Waals surface area contributed by atoms with Crippen LogP contribution in [0, 0.1) is 17.2 Å². The summed E-state index contributed by atoms with van der Waals surface area (Å²) in [4.78, 5) is 33.9. The molecule has 220 valence electrons. The van der Waals surface area contributed by atoms with Crippen LogP contribution < -0.4 is 10.1 Å². The fraction of sp³-hybridized carbons (Fsp3) is 0.333. The number of nitrogens with one attached hydrogen (secondary N) is 1. The van der Waals surface area contributed by atoms with Gasteiger partial charge in [0.25, 0.3) is 5.91 Å². The van der Waals surface area contributed by atoms with E-state index in [9.17, 15) is 27.9 Å². The number of hydrogen-bond acceptors (Lipinski definition) is 6. The monoisotopic (exact) mass is 581 g/mol. The van der Waals surface area contributed by atoms with E-state index in [-0.39, 0.29) is 48.7 Å². The van der Waals surface area contributed by atoms with Gasteiger partial charge >= 0.3 is 12.2 Å². The molecule has 2 N–H and O–H groups in total. The van der Waals surface area contributed by atoms with Gasteiger partial charge < -0.3 is 25.0 Å². The first-order valence-electron chi connectivity index (χ1n) is 13.2. The first-order valence-corrected chi connectivity index (χ1v) is 13.2. The third-order valence-electron chi connectivity index (χ3n) is 7.13. The highest BCUT2D eigenvalue weighted by molar-refractivity contribution is 5.98. The zero-order chi connectivity index (χ0) is 30.6. The number of aromatic nitrogens is 1. The summed E-state index contributed by atoms with van der Waals surface area (Å²) in [6.45, 7) is 3.61. The normalized spacial score (nSPS) is 17.7. The van der Waals surface area contributed by atoms with E-state index >= 15 is 0 Å². The number of nitrogens with zero attached hydrogens (tertiary/aromatic N) is 4. The number of halogens is 3. The Bertz CT molecular complexity index is 1470. The van der Waals surface area contributed by atoms with Gasteiger partial charge in [-0.05, 0) is 55.0 Å². The van der Waals surface area contributed by atoms with Gasteiger partial charge in [0.15, 0.2) is 0 Å². The summed E-state index contributed by atoms with van der Waals surface area (Å²) in [5.41, 5.74) is 1.42. The molecule has 2 aromatic carbocycles. The van der Waals surface area contributed by atoms with E-state index in [0.29, 0.717) is 11.1 Å². The van der Waals surface area contributed by atoms with Crippen LogP contribution in [-0.4, -0.2) is 70.7 Å². The van der Waals surface area contributed by atoms with Crippen molar-refractivity contribution in [2.75, 3.05) is 32.1 Å². The molecule has 1 aliphatic heterocycles. The standard InChI is InChI=1S/C30H30F3N5O4/c1-18-15-38(19(2)17-39)28(40)25-12-22(21-6-4-20(13-34)5-7-21)14-35-27(25)42-26(18)16-37(3)29(41)36-24-10-8-23(9-11-24)30(31,32)33/h4-12,14,18-19,26,39H,15-17H2,1-3H3,(H,36,41)/t18-,19-,26+/m0/s1. The van der Waals surface area contributed by atoms with Crippen LogP contribution in [0.4, 0.5) is 23.7 Å². The number of pyridine rings is 1. The number of carbonyl (C=O) groups is 2. The summed E-state index contributed by atoms with van der Waals surface area (Å²) in [7, 11) is 1.52. The van der Waals surface area contributed by atoms with Gasteiger partial charge in [0.2, 0.25) is 5.88 Å². The molecule has 9 nitrogen and oxygen atoms in total. The van der Waals surface area contributed by atoms with Crippen LogP contribution in [0.15, 0.2) is 60.8 Å². The van der Waals surface area contributed by atoms with E-state index in [1.165, 1.54) is 24.1 Å². The third kappa shape index (κ3) is 6.80. The average Bonchev–Trinajstić information content (AvgIpc) is 2.98. The maximum Gasteiger partial charge on any atom is 0.416 e. The quantitative estimate of drug-likeness (QED) is 0.422. The van der Waals surface area contributed by atoms with Crippen LogP contribution in [0.3, 0.4) is 0 Å². The van der Waals surface area contributed by atoms with Crippen molar-refractivity contribution in [2.24, 2.45) is 5.92 Å². The number of hydrogen-bond donors (Lipinski definition) is 2. The lowest BCUT2D eigenvalue weighted by Gasteiger charge is -2.37. The summed E-state index contributed by atoms with van der Waals surface area (Å²) in [6, 6.07) is 13.6. The largest absolute Gasteiger partial charge is 0.472 e. The molecular formula is C30H30F3N5O4. The zero-order valence-corrected chi connectivity index (χ0v) is 23.2. The summed E-state index contributed by atoms with van der Waals surface area (Å²) in [6.07, 6.45) is -3.56. The smallest absolute Gasteiger partial charge is 0.416 e. The molecule has 0 spiro atoms. The fourth-order valence-electron chi connectivity index (χ4n) is 4.53. The maximum absolute atomic E-state index is 13.7. The van der Waals surface area contributed by atoms with Gasteiger partial charge in [0, 0.05) is 37.0 Å². The molecule has 3 aromatic rings. The molecule has 0 bridgehead atoms. The van der Waals surface area contributed by atoms with Gasteiger partial charge in [-0.2, -0.15) is 18.4 Å². The Kier molecular flexibility index (Phi) is 9.02. The van der Waals surface area contributed by atoms with E-state index in [0.717, 1.165) is 17.7 Å². The minimum Gasteiger partial charge on any atom is -0.472 e. The molecule has 42 heavy (non-hydrogen) atoms. The highest BCUT2D eigenvalue weighted by atomic mass is 19.4. The molecule has 0 aliphatic carbocycles. The van der Waals surface area contributed by atoms with Gasteiger partial charge in [0.1, 0.15) is 11.7 Å². The van der Waals surface area contributed by atoms with E-state index < -0.39 is 29.9 Å². The van der Waals surface area contributed by atoms with Crippen molar-refractivity contribution in [1.82, 2.24) is 14.8 Å². The van der Waals surface area contributed by atoms with Crippen molar-refractivity contribution < 1.29 is 32.6 Å². The molecule has 0 radical (unpaired) electrons. The Balaban J connectivity index is 1.58. The molecule has 0 saturated heterocycles. The number of nitriles is 1. The van der Waals surface area contributed by atoms with Crippen LogP contribution in [0.1, 0.15) is 35.3 Å². The third-order valence-corrected chi connectivity index (χ3v) is 7.13. The number of rotatable bonds is 6. The number of ether oxygens (including phenoxy) is 1. The summed E-state index contributed by atoms with van der Waals surface area (Å²) in [5.74, 6) is -0.591. The topological polar surface area (TPSA) is 119 Å². The van der Waals surface area contributed by atoms with Crippen molar-refractivity contribution in [3.63, 3.8) is 0 Å². The van der Waals surface area contributed by atoms with E-state index in [2.05, 4.69) is 16.4 Å². The van der Waals surface area contributed by atoms with Gasteiger partial charge in [0.05, 0.1) is 36.4 Å². The van der Waals surface area contributed by atoms with Gasteiger partial charge in [-0.1, -0.05) is 19.1 Å². The Morgan fingerprint density at radius 1 is 1.21 bits per heavy atom. The number of benzene rings is 2. The second-order valence-corrected chi connectivity index (χ2v) is 10.3. The summed E-state index contributed by atoms with van der Waals surface area (Å²) in [5, 5.41) is 21.6. The van der Waals surface area contributed by atoms with E-state index in [4.69, 9.17) is 10.00 Å². The van der Waals surface area contributed by atoms with Crippen LogP contribution in [0.5, 0.6) is 5.88 Å². The molecule has 1 aliphatic rings. The number of alkyl halides is 3. The van der Waals surface area contributed by atoms with Crippen LogP contribution in [-0.2, 0) is 6.18 Å². The SMILES string of the molecule is C[C@H]1CN([C@@H](C)CO)C(=O)c2cc(-c3ccc(C#N)cc3)cnc2O[C@@H]1CN(C)C(=O)Nc1ccc(C(F)(F)F)cc1. The maximum atomic E-state index is 13.7. The van der Waals surface area contributed by atoms with Gasteiger partial charge in [-0.25, -0.2) is 9.78 Å². The molecule has 12 heteroatoms. The minimum atomic E-state index is -4.49. The Hall–Kier alpha value is -4.63. The number of likely N-dealkylation sites (N-methyl/N-ethyl adjacent to an activating group) is 1.